The number of amides is 2. The lowest BCUT2D eigenvalue weighted by atomic mass is 9.70. The zero-order valence-corrected chi connectivity index (χ0v) is 10.6. The molecule has 0 aromatic heterocycles. The van der Waals surface area contributed by atoms with Crippen LogP contribution in [0.4, 0.5) is 4.79 Å². The van der Waals surface area contributed by atoms with E-state index in [9.17, 15) is 14.7 Å². The number of carbonyl (C=O) groups is 2. The summed E-state index contributed by atoms with van der Waals surface area (Å²) in [5.41, 5.74) is -1.08. The molecule has 6 heteroatoms. The Morgan fingerprint density at radius 2 is 2.06 bits per heavy atom. The normalized spacial score (nSPS) is 29.4. The van der Waals surface area contributed by atoms with Gasteiger partial charge in [0.2, 0.25) is 0 Å². The quantitative estimate of drug-likeness (QED) is 0.691. The maximum Gasteiger partial charge on any atom is 0.332 e. The van der Waals surface area contributed by atoms with Gasteiger partial charge in [-0.15, -0.1) is 0 Å². The van der Waals surface area contributed by atoms with Crippen LogP contribution in [0.25, 0.3) is 0 Å². The van der Waals surface area contributed by atoms with Gasteiger partial charge in [0.15, 0.2) is 5.54 Å². The number of hydrogen-bond donors (Lipinski definition) is 3. The van der Waals surface area contributed by atoms with Gasteiger partial charge in [-0.1, -0.05) is 13.3 Å². The molecule has 0 spiro atoms. The molecule has 1 aliphatic carbocycles. The highest BCUT2D eigenvalue weighted by molar-refractivity contribution is 5.86. The molecule has 1 atom stereocenters. The van der Waals surface area contributed by atoms with Crippen molar-refractivity contribution in [2.45, 2.75) is 38.1 Å². The SMILES string of the molecule is CC1(CNC(=O)NC2(C(=O)O)CCOC2)CCC1. The van der Waals surface area contributed by atoms with E-state index < -0.39 is 17.5 Å². The number of urea groups is 1. The molecule has 1 heterocycles. The molecule has 0 bridgehead atoms. The second kappa shape index (κ2) is 4.76. The summed E-state index contributed by atoms with van der Waals surface area (Å²) in [6.45, 7) is 3.12. The third-order valence-electron chi connectivity index (χ3n) is 4.02. The predicted molar refractivity (Wildman–Crippen MR) is 64.3 cm³/mol. The Kier molecular flexibility index (Phi) is 3.47. The van der Waals surface area contributed by atoms with Crippen molar-refractivity contribution < 1.29 is 19.4 Å². The van der Waals surface area contributed by atoms with Crippen molar-refractivity contribution in [2.24, 2.45) is 5.41 Å². The number of carboxylic acids is 1. The number of carboxylic acid groups (broad SMARTS) is 1. The molecule has 1 saturated carbocycles. The lowest BCUT2D eigenvalue weighted by Crippen LogP contribution is -2.58. The highest BCUT2D eigenvalue weighted by Crippen LogP contribution is 2.39. The zero-order chi connectivity index (χ0) is 13.2. The molecular formula is C12H20N2O4. The summed E-state index contributed by atoms with van der Waals surface area (Å²) in [5, 5.41) is 14.5. The molecule has 18 heavy (non-hydrogen) atoms. The van der Waals surface area contributed by atoms with Crippen LogP contribution in [0.5, 0.6) is 0 Å². The van der Waals surface area contributed by atoms with Crippen LogP contribution in [0.3, 0.4) is 0 Å². The van der Waals surface area contributed by atoms with Gasteiger partial charge in [-0.25, -0.2) is 9.59 Å². The molecule has 3 N–H and O–H groups in total. The zero-order valence-electron chi connectivity index (χ0n) is 10.6. The summed E-state index contributed by atoms with van der Waals surface area (Å²) in [6, 6.07) is -0.420. The van der Waals surface area contributed by atoms with Gasteiger partial charge < -0.3 is 20.5 Å². The lowest BCUT2D eigenvalue weighted by Gasteiger charge is -2.38. The first kappa shape index (κ1) is 13.1. The second-order valence-corrected chi connectivity index (χ2v) is 5.66. The van der Waals surface area contributed by atoms with Crippen molar-refractivity contribution in [1.29, 1.82) is 0 Å². The highest BCUT2D eigenvalue weighted by Gasteiger charge is 2.44. The standard InChI is InChI=1S/C12H20N2O4/c1-11(3-2-4-11)7-13-10(17)14-12(9(15)16)5-6-18-8-12/h2-8H2,1H3,(H,15,16)(H2,13,14,17). The van der Waals surface area contributed by atoms with Crippen LogP contribution in [0.15, 0.2) is 0 Å². The number of carbonyl (C=O) groups excluding carboxylic acids is 1. The number of aliphatic carboxylic acids is 1. The van der Waals surface area contributed by atoms with Crippen LogP contribution in [-0.4, -0.2) is 42.4 Å². The lowest BCUT2D eigenvalue weighted by molar-refractivity contribution is -0.144. The van der Waals surface area contributed by atoms with Crippen molar-refractivity contribution in [3.63, 3.8) is 0 Å². The molecule has 0 aromatic carbocycles. The fourth-order valence-electron chi connectivity index (χ4n) is 2.40. The first-order chi connectivity index (χ1) is 8.46. The molecule has 0 radical (unpaired) electrons. The number of ether oxygens (including phenoxy) is 1. The Bertz CT molecular complexity index is 346. The topological polar surface area (TPSA) is 87.7 Å². The molecule has 2 fully saturated rings. The number of hydrogen-bond acceptors (Lipinski definition) is 3. The highest BCUT2D eigenvalue weighted by atomic mass is 16.5. The van der Waals surface area contributed by atoms with Crippen molar-refractivity contribution in [1.82, 2.24) is 10.6 Å². The Labute approximate surface area is 106 Å². The maximum absolute atomic E-state index is 11.8. The molecule has 2 aliphatic rings. The van der Waals surface area contributed by atoms with Crippen molar-refractivity contribution in [2.75, 3.05) is 19.8 Å². The summed E-state index contributed by atoms with van der Waals surface area (Å²) in [7, 11) is 0. The molecule has 1 saturated heterocycles. The van der Waals surface area contributed by atoms with Gasteiger partial charge in [-0.2, -0.15) is 0 Å². The van der Waals surface area contributed by atoms with Crippen LogP contribution in [0, 0.1) is 5.41 Å². The van der Waals surface area contributed by atoms with Gasteiger partial charge >= 0.3 is 12.0 Å². The van der Waals surface area contributed by atoms with E-state index in [-0.39, 0.29) is 12.0 Å². The fraction of sp³-hybridized carbons (Fsp3) is 0.833. The summed E-state index contributed by atoms with van der Waals surface area (Å²) in [6.07, 6.45) is 3.74. The third kappa shape index (κ3) is 2.58. The smallest absolute Gasteiger partial charge is 0.332 e. The van der Waals surface area contributed by atoms with E-state index in [0.29, 0.717) is 19.6 Å². The first-order valence-electron chi connectivity index (χ1n) is 6.33. The van der Waals surface area contributed by atoms with Crippen LogP contribution in [0.1, 0.15) is 32.6 Å². The molecule has 6 nitrogen and oxygen atoms in total. The number of nitrogens with one attached hydrogen (secondary N) is 2. The van der Waals surface area contributed by atoms with Crippen molar-refractivity contribution in [3.8, 4) is 0 Å². The molecule has 2 amide bonds. The fourth-order valence-corrected chi connectivity index (χ4v) is 2.40. The Morgan fingerprint density at radius 1 is 1.33 bits per heavy atom. The van der Waals surface area contributed by atoms with Gasteiger partial charge in [-0.05, 0) is 18.3 Å². The Balaban J connectivity index is 1.84. The van der Waals surface area contributed by atoms with Crippen molar-refractivity contribution >= 4 is 12.0 Å². The molecule has 1 aliphatic heterocycles. The maximum atomic E-state index is 11.8. The molecule has 1 unspecified atom stereocenters. The average molecular weight is 256 g/mol. The summed E-state index contributed by atoms with van der Waals surface area (Å²) < 4.78 is 5.08. The van der Waals surface area contributed by atoms with Gasteiger partial charge in [0.25, 0.3) is 0 Å². The largest absolute Gasteiger partial charge is 0.479 e. The van der Waals surface area contributed by atoms with E-state index in [1.807, 2.05) is 0 Å². The minimum Gasteiger partial charge on any atom is -0.479 e. The monoisotopic (exact) mass is 256 g/mol. The minimum atomic E-state index is -1.26. The molecular weight excluding hydrogens is 236 g/mol. The second-order valence-electron chi connectivity index (χ2n) is 5.66. The van der Waals surface area contributed by atoms with E-state index >= 15 is 0 Å². The van der Waals surface area contributed by atoms with Gasteiger partial charge in [-0.3, -0.25) is 0 Å². The Hall–Kier alpha value is -1.30. The van der Waals surface area contributed by atoms with Crippen LogP contribution in [0.2, 0.25) is 0 Å². The van der Waals surface area contributed by atoms with Crippen LogP contribution < -0.4 is 10.6 Å². The van der Waals surface area contributed by atoms with E-state index in [1.165, 1.54) is 6.42 Å². The van der Waals surface area contributed by atoms with Crippen molar-refractivity contribution in [3.05, 3.63) is 0 Å². The summed E-state index contributed by atoms with van der Waals surface area (Å²) in [5.74, 6) is -1.04. The van der Waals surface area contributed by atoms with Crippen LogP contribution in [-0.2, 0) is 9.53 Å². The number of rotatable bonds is 4. The van der Waals surface area contributed by atoms with E-state index in [4.69, 9.17) is 4.74 Å². The van der Waals surface area contributed by atoms with Gasteiger partial charge in [0.05, 0.1) is 6.61 Å². The van der Waals surface area contributed by atoms with Crippen LogP contribution >= 0.6 is 0 Å². The molecule has 2 rings (SSSR count). The summed E-state index contributed by atoms with van der Waals surface area (Å²) >= 11 is 0. The minimum absolute atomic E-state index is 0.0347. The van der Waals surface area contributed by atoms with Gasteiger partial charge in [0, 0.05) is 19.6 Å². The van der Waals surface area contributed by atoms with E-state index in [2.05, 4.69) is 17.6 Å². The predicted octanol–water partition coefficient (Wildman–Crippen LogP) is 0.719. The van der Waals surface area contributed by atoms with Gasteiger partial charge in [0.1, 0.15) is 0 Å². The van der Waals surface area contributed by atoms with E-state index in [0.717, 1.165) is 12.8 Å². The summed E-state index contributed by atoms with van der Waals surface area (Å²) in [4.78, 5) is 23.0. The molecule has 102 valence electrons. The average Bonchev–Trinajstić information content (AvgIpc) is 2.73. The molecule has 0 aromatic rings. The first-order valence-corrected chi connectivity index (χ1v) is 6.33. The van der Waals surface area contributed by atoms with E-state index in [1.54, 1.807) is 0 Å². The Morgan fingerprint density at radius 3 is 2.50 bits per heavy atom. The third-order valence-corrected chi connectivity index (χ3v) is 4.02.